The molecule has 1 N–H and O–H groups in total. The van der Waals surface area contributed by atoms with Crippen molar-refractivity contribution in [3.63, 3.8) is 0 Å². The first kappa shape index (κ1) is 14.8. The standard InChI is InChI=1S/C18H16IN3O/c19-14-9-4-8-13-16(14)21-17(15-10-5-11-20-15)22(18(13)23)12-6-2-1-3-7-12/h1-4,6-9,15,20H,5,10-11H2. The zero-order chi connectivity index (χ0) is 15.8. The highest BCUT2D eigenvalue weighted by atomic mass is 127. The van der Waals surface area contributed by atoms with E-state index in [-0.39, 0.29) is 11.6 Å². The van der Waals surface area contributed by atoms with E-state index in [0.717, 1.165) is 40.0 Å². The Morgan fingerprint density at radius 2 is 1.96 bits per heavy atom. The molecule has 1 aliphatic heterocycles. The van der Waals surface area contributed by atoms with Gasteiger partial charge in [0, 0.05) is 3.57 Å². The van der Waals surface area contributed by atoms with E-state index >= 15 is 0 Å². The summed E-state index contributed by atoms with van der Waals surface area (Å²) in [5.74, 6) is 0.815. The Hall–Kier alpha value is -1.73. The van der Waals surface area contributed by atoms with Crippen LogP contribution in [0.2, 0.25) is 0 Å². The second-order valence-electron chi connectivity index (χ2n) is 5.73. The number of hydrogen-bond donors (Lipinski definition) is 1. The maximum Gasteiger partial charge on any atom is 0.266 e. The first-order valence-corrected chi connectivity index (χ1v) is 8.83. The van der Waals surface area contributed by atoms with E-state index in [1.807, 2.05) is 48.5 Å². The van der Waals surface area contributed by atoms with Gasteiger partial charge in [-0.15, -0.1) is 0 Å². The highest BCUT2D eigenvalue weighted by Gasteiger charge is 2.24. The Labute approximate surface area is 147 Å². The molecule has 1 saturated heterocycles. The number of benzene rings is 2. The van der Waals surface area contributed by atoms with Gasteiger partial charge in [-0.05, 0) is 66.2 Å². The molecule has 1 fully saturated rings. The smallest absolute Gasteiger partial charge is 0.266 e. The van der Waals surface area contributed by atoms with Gasteiger partial charge < -0.3 is 5.32 Å². The third-order valence-electron chi connectivity index (χ3n) is 4.26. The molecule has 116 valence electrons. The maximum atomic E-state index is 13.2. The Kier molecular flexibility index (Phi) is 3.90. The molecule has 2 aromatic carbocycles. The molecule has 4 rings (SSSR count). The quantitative estimate of drug-likeness (QED) is 0.651. The molecule has 23 heavy (non-hydrogen) atoms. The van der Waals surface area contributed by atoms with Crippen LogP contribution in [-0.2, 0) is 0 Å². The predicted molar refractivity (Wildman–Crippen MR) is 100 cm³/mol. The van der Waals surface area contributed by atoms with Gasteiger partial charge in [0.2, 0.25) is 0 Å². The fraction of sp³-hybridized carbons (Fsp3) is 0.222. The minimum atomic E-state index is 0.00316. The molecular weight excluding hydrogens is 401 g/mol. The van der Waals surface area contributed by atoms with Gasteiger partial charge in [0.1, 0.15) is 5.82 Å². The highest BCUT2D eigenvalue weighted by molar-refractivity contribution is 14.1. The van der Waals surface area contributed by atoms with Gasteiger partial charge in [0.15, 0.2) is 0 Å². The van der Waals surface area contributed by atoms with Gasteiger partial charge in [-0.2, -0.15) is 0 Å². The third-order valence-corrected chi connectivity index (χ3v) is 5.13. The van der Waals surface area contributed by atoms with Crippen molar-refractivity contribution in [2.45, 2.75) is 18.9 Å². The van der Waals surface area contributed by atoms with E-state index in [1.165, 1.54) is 0 Å². The molecule has 0 aliphatic carbocycles. The summed E-state index contributed by atoms with van der Waals surface area (Å²) in [6.07, 6.45) is 2.12. The van der Waals surface area contributed by atoms with Crippen molar-refractivity contribution < 1.29 is 0 Å². The third kappa shape index (κ3) is 2.57. The molecule has 1 aliphatic rings. The average molecular weight is 417 g/mol. The minimum Gasteiger partial charge on any atom is -0.307 e. The van der Waals surface area contributed by atoms with Gasteiger partial charge in [-0.25, -0.2) is 4.98 Å². The molecule has 3 aromatic rings. The highest BCUT2D eigenvalue weighted by Crippen LogP contribution is 2.25. The molecule has 2 heterocycles. The fourth-order valence-electron chi connectivity index (χ4n) is 3.16. The number of fused-ring (bicyclic) bond motifs is 1. The van der Waals surface area contributed by atoms with E-state index < -0.39 is 0 Å². The zero-order valence-corrected chi connectivity index (χ0v) is 14.7. The van der Waals surface area contributed by atoms with Crippen LogP contribution in [0.25, 0.3) is 16.6 Å². The molecule has 1 unspecified atom stereocenters. The van der Waals surface area contributed by atoms with Crippen LogP contribution in [0.4, 0.5) is 0 Å². The minimum absolute atomic E-state index is 0.00316. The van der Waals surface area contributed by atoms with Crippen LogP contribution < -0.4 is 10.9 Å². The monoisotopic (exact) mass is 417 g/mol. The summed E-state index contributed by atoms with van der Waals surface area (Å²) in [7, 11) is 0. The second kappa shape index (κ2) is 6.05. The molecule has 0 amide bonds. The van der Waals surface area contributed by atoms with E-state index in [4.69, 9.17) is 4.98 Å². The van der Waals surface area contributed by atoms with Crippen molar-refractivity contribution in [1.82, 2.24) is 14.9 Å². The molecule has 1 aromatic heterocycles. The first-order chi connectivity index (χ1) is 11.3. The van der Waals surface area contributed by atoms with Gasteiger partial charge >= 0.3 is 0 Å². The molecule has 0 radical (unpaired) electrons. The van der Waals surface area contributed by atoms with Crippen LogP contribution >= 0.6 is 22.6 Å². The summed E-state index contributed by atoms with van der Waals surface area (Å²) in [4.78, 5) is 18.0. The normalized spacial score (nSPS) is 17.7. The van der Waals surface area contributed by atoms with Crippen molar-refractivity contribution in [2.75, 3.05) is 6.54 Å². The summed E-state index contributed by atoms with van der Waals surface area (Å²) in [5, 5.41) is 4.14. The van der Waals surface area contributed by atoms with E-state index in [9.17, 15) is 4.79 Å². The molecule has 1 atom stereocenters. The second-order valence-corrected chi connectivity index (χ2v) is 6.89. The largest absolute Gasteiger partial charge is 0.307 e. The lowest BCUT2D eigenvalue weighted by molar-refractivity contribution is 0.584. The van der Waals surface area contributed by atoms with Crippen LogP contribution in [0.15, 0.2) is 53.3 Å². The first-order valence-electron chi connectivity index (χ1n) is 7.75. The van der Waals surface area contributed by atoms with Crippen molar-refractivity contribution in [3.8, 4) is 5.69 Å². The van der Waals surface area contributed by atoms with Crippen molar-refractivity contribution in [2.24, 2.45) is 0 Å². The average Bonchev–Trinajstić information content (AvgIpc) is 3.11. The Balaban J connectivity index is 2.07. The predicted octanol–water partition coefficient (Wildman–Crippen LogP) is 3.41. The van der Waals surface area contributed by atoms with Crippen LogP contribution in [-0.4, -0.2) is 16.1 Å². The van der Waals surface area contributed by atoms with E-state index in [1.54, 1.807) is 4.57 Å². The van der Waals surface area contributed by atoms with E-state index in [2.05, 4.69) is 27.9 Å². The van der Waals surface area contributed by atoms with Crippen LogP contribution in [0.3, 0.4) is 0 Å². The van der Waals surface area contributed by atoms with E-state index in [0.29, 0.717) is 5.39 Å². The Morgan fingerprint density at radius 3 is 2.70 bits per heavy atom. The summed E-state index contributed by atoms with van der Waals surface area (Å²) in [6.45, 7) is 0.971. The van der Waals surface area contributed by atoms with Gasteiger partial charge in [-0.1, -0.05) is 24.3 Å². The lowest BCUT2D eigenvalue weighted by Crippen LogP contribution is -2.29. The van der Waals surface area contributed by atoms with Gasteiger partial charge in [0.25, 0.3) is 5.56 Å². The summed E-state index contributed by atoms with van der Waals surface area (Å²) in [6, 6.07) is 15.7. The van der Waals surface area contributed by atoms with Gasteiger partial charge in [0.05, 0.1) is 22.6 Å². The summed E-state index contributed by atoms with van der Waals surface area (Å²) >= 11 is 2.25. The lowest BCUT2D eigenvalue weighted by atomic mass is 10.1. The molecule has 0 saturated carbocycles. The SMILES string of the molecule is O=c1c2cccc(I)c2nc(C2CCCN2)n1-c1ccccc1. The molecule has 5 heteroatoms. The summed E-state index contributed by atoms with van der Waals surface area (Å²) in [5.41, 5.74) is 1.67. The van der Waals surface area contributed by atoms with Crippen molar-refractivity contribution in [3.05, 3.63) is 68.3 Å². The van der Waals surface area contributed by atoms with Gasteiger partial charge in [-0.3, -0.25) is 9.36 Å². The molecule has 0 bridgehead atoms. The zero-order valence-electron chi connectivity index (χ0n) is 12.5. The fourth-order valence-corrected chi connectivity index (χ4v) is 3.77. The lowest BCUT2D eigenvalue weighted by Gasteiger charge is -2.18. The number of nitrogens with one attached hydrogen (secondary N) is 1. The van der Waals surface area contributed by atoms with Crippen LogP contribution in [0, 0.1) is 3.57 Å². The number of rotatable bonds is 2. The Morgan fingerprint density at radius 1 is 1.13 bits per heavy atom. The molecule has 0 spiro atoms. The molecular formula is C18H16IN3O. The number of hydrogen-bond acceptors (Lipinski definition) is 3. The number of halogens is 1. The topological polar surface area (TPSA) is 46.9 Å². The van der Waals surface area contributed by atoms with Crippen molar-refractivity contribution >= 4 is 33.5 Å². The Bertz CT molecular complexity index is 915. The number of aromatic nitrogens is 2. The number of para-hydroxylation sites is 2. The number of nitrogens with zero attached hydrogens (tertiary/aromatic N) is 2. The maximum absolute atomic E-state index is 13.2. The summed E-state index contributed by atoms with van der Waals surface area (Å²) < 4.78 is 2.78. The van der Waals surface area contributed by atoms with Crippen LogP contribution in [0.5, 0.6) is 0 Å². The van der Waals surface area contributed by atoms with Crippen LogP contribution in [0.1, 0.15) is 24.7 Å². The van der Waals surface area contributed by atoms with Crippen molar-refractivity contribution in [1.29, 1.82) is 0 Å². The molecule has 4 nitrogen and oxygen atoms in total.